The van der Waals surface area contributed by atoms with Crippen molar-refractivity contribution in [3.05, 3.63) is 30.5 Å². The van der Waals surface area contributed by atoms with Gasteiger partial charge in [-0.3, -0.25) is 9.48 Å². The van der Waals surface area contributed by atoms with Gasteiger partial charge in [-0.2, -0.15) is 0 Å². The molecule has 2 aromatic heterocycles. The van der Waals surface area contributed by atoms with Gasteiger partial charge in [0, 0.05) is 45.3 Å². The van der Waals surface area contributed by atoms with Crippen molar-refractivity contribution in [2.75, 3.05) is 20.2 Å². The van der Waals surface area contributed by atoms with Crippen molar-refractivity contribution in [2.45, 2.75) is 19.4 Å². The molecule has 7 heteroatoms. The number of likely N-dealkylation sites (tertiary alicyclic amines) is 1. The summed E-state index contributed by atoms with van der Waals surface area (Å²) >= 11 is 0. The van der Waals surface area contributed by atoms with Gasteiger partial charge in [0.15, 0.2) is 0 Å². The van der Waals surface area contributed by atoms with E-state index in [1.54, 1.807) is 24.1 Å². The molecule has 2 aromatic rings. The predicted molar refractivity (Wildman–Crippen MR) is 80.6 cm³/mol. The maximum absolute atomic E-state index is 12.6. The fraction of sp³-hybridized carbons (Fsp3) is 0.533. The summed E-state index contributed by atoms with van der Waals surface area (Å²) in [6.07, 6.45) is 9.36. The second-order valence-corrected chi connectivity index (χ2v) is 5.72. The number of piperidine rings is 1. The lowest BCUT2D eigenvalue weighted by molar-refractivity contribution is 0.0679. The monoisotopic (exact) mass is 303 g/mol. The van der Waals surface area contributed by atoms with Crippen LogP contribution in [-0.2, 0) is 13.6 Å². The first-order valence-electron chi connectivity index (χ1n) is 7.50. The molecule has 1 saturated heterocycles. The van der Waals surface area contributed by atoms with Crippen LogP contribution in [0.15, 0.2) is 24.9 Å². The molecule has 1 fully saturated rings. The number of amides is 1. The molecule has 22 heavy (non-hydrogen) atoms. The van der Waals surface area contributed by atoms with E-state index in [1.807, 2.05) is 17.4 Å². The van der Waals surface area contributed by atoms with E-state index in [0.29, 0.717) is 17.4 Å². The Labute approximate surface area is 129 Å². The number of aryl methyl sites for hydroxylation is 1. The van der Waals surface area contributed by atoms with Gasteiger partial charge in [0.2, 0.25) is 5.88 Å². The van der Waals surface area contributed by atoms with Gasteiger partial charge in [0.1, 0.15) is 5.56 Å². The number of ether oxygens (including phenoxy) is 1. The summed E-state index contributed by atoms with van der Waals surface area (Å²) in [6, 6.07) is 0. The second kappa shape index (κ2) is 6.21. The SMILES string of the molecule is COc1nn(C)cc1C(=O)N1CCC(Cn2ccnc2)CC1. The van der Waals surface area contributed by atoms with Crippen molar-refractivity contribution in [3.63, 3.8) is 0 Å². The highest BCUT2D eigenvalue weighted by Gasteiger charge is 2.27. The molecule has 0 aliphatic carbocycles. The average molecular weight is 303 g/mol. The first kappa shape index (κ1) is 14.6. The van der Waals surface area contributed by atoms with Gasteiger partial charge in [-0.1, -0.05) is 0 Å². The predicted octanol–water partition coefficient (Wildman–Crippen LogP) is 1.18. The quantitative estimate of drug-likeness (QED) is 0.850. The van der Waals surface area contributed by atoms with Crippen LogP contribution in [0.4, 0.5) is 0 Å². The summed E-state index contributed by atoms with van der Waals surface area (Å²) in [7, 11) is 3.33. The van der Waals surface area contributed by atoms with Crippen LogP contribution in [0.5, 0.6) is 5.88 Å². The summed E-state index contributed by atoms with van der Waals surface area (Å²) in [4.78, 5) is 18.6. The van der Waals surface area contributed by atoms with Crippen molar-refractivity contribution in [2.24, 2.45) is 13.0 Å². The van der Waals surface area contributed by atoms with E-state index in [2.05, 4.69) is 14.6 Å². The molecule has 0 aromatic carbocycles. The van der Waals surface area contributed by atoms with Crippen molar-refractivity contribution < 1.29 is 9.53 Å². The van der Waals surface area contributed by atoms with Crippen LogP contribution in [0, 0.1) is 5.92 Å². The van der Waals surface area contributed by atoms with Crippen LogP contribution in [0.1, 0.15) is 23.2 Å². The number of carbonyl (C=O) groups excluding carboxylic acids is 1. The Hall–Kier alpha value is -2.31. The van der Waals surface area contributed by atoms with Crippen molar-refractivity contribution in [1.82, 2.24) is 24.2 Å². The average Bonchev–Trinajstić information content (AvgIpc) is 3.16. The number of rotatable bonds is 4. The third-order valence-corrected chi connectivity index (χ3v) is 4.15. The van der Waals surface area contributed by atoms with E-state index in [0.717, 1.165) is 32.5 Å². The van der Waals surface area contributed by atoms with E-state index in [9.17, 15) is 4.79 Å². The molecule has 3 heterocycles. The molecule has 1 aliphatic rings. The summed E-state index contributed by atoms with van der Waals surface area (Å²) in [5, 5.41) is 4.15. The van der Waals surface area contributed by atoms with Gasteiger partial charge in [-0.15, -0.1) is 5.10 Å². The van der Waals surface area contributed by atoms with E-state index in [1.165, 1.54) is 7.11 Å². The molecule has 0 unspecified atom stereocenters. The highest BCUT2D eigenvalue weighted by Crippen LogP contribution is 2.23. The van der Waals surface area contributed by atoms with Crippen molar-refractivity contribution in [1.29, 1.82) is 0 Å². The minimum atomic E-state index is 0.00558. The zero-order valence-electron chi connectivity index (χ0n) is 13.0. The minimum Gasteiger partial charge on any atom is -0.479 e. The Morgan fingerprint density at radius 2 is 2.18 bits per heavy atom. The van der Waals surface area contributed by atoms with Gasteiger partial charge in [0.05, 0.1) is 13.4 Å². The van der Waals surface area contributed by atoms with E-state index in [-0.39, 0.29) is 5.91 Å². The first-order chi connectivity index (χ1) is 10.7. The van der Waals surface area contributed by atoms with Crippen molar-refractivity contribution >= 4 is 5.91 Å². The Morgan fingerprint density at radius 1 is 1.41 bits per heavy atom. The Morgan fingerprint density at radius 3 is 2.82 bits per heavy atom. The van der Waals surface area contributed by atoms with E-state index in [4.69, 9.17) is 4.74 Å². The normalized spacial score (nSPS) is 16.0. The van der Waals surface area contributed by atoms with Crippen LogP contribution < -0.4 is 4.74 Å². The first-order valence-corrected chi connectivity index (χ1v) is 7.50. The molecule has 7 nitrogen and oxygen atoms in total. The molecule has 0 atom stereocenters. The third kappa shape index (κ3) is 2.98. The fourth-order valence-corrected chi connectivity index (χ4v) is 2.95. The summed E-state index contributed by atoms with van der Waals surface area (Å²) in [5.74, 6) is 0.994. The summed E-state index contributed by atoms with van der Waals surface area (Å²) in [6.45, 7) is 2.52. The van der Waals surface area contributed by atoms with E-state index >= 15 is 0 Å². The smallest absolute Gasteiger partial charge is 0.260 e. The zero-order valence-corrected chi connectivity index (χ0v) is 13.0. The maximum atomic E-state index is 12.6. The molecular weight excluding hydrogens is 282 g/mol. The maximum Gasteiger partial charge on any atom is 0.260 e. The minimum absolute atomic E-state index is 0.00558. The lowest BCUT2D eigenvalue weighted by atomic mass is 9.96. The summed E-state index contributed by atoms with van der Waals surface area (Å²) < 4.78 is 8.89. The number of methoxy groups -OCH3 is 1. The highest BCUT2D eigenvalue weighted by molar-refractivity contribution is 5.96. The Kier molecular flexibility index (Phi) is 4.13. The molecular formula is C15H21N5O2. The van der Waals surface area contributed by atoms with Crippen LogP contribution in [-0.4, -0.2) is 50.3 Å². The van der Waals surface area contributed by atoms with Gasteiger partial charge in [-0.05, 0) is 18.8 Å². The molecule has 0 radical (unpaired) electrons. The number of aromatic nitrogens is 4. The number of imidazole rings is 1. The Bertz CT molecular complexity index is 626. The lowest BCUT2D eigenvalue weighted by Crippen LogP contribution is -2.39. The number of carbonyl (C=O) groups is 1. The molecule has 1 aliphatic heterocycles. The topological polar surface area (TPSA) is 65.2 Å². The molecule has 3 rings (SSSR count). The fourth-order valence-electron chi connectivity index (χ4n) is 2.95. The largest absolute Gasteiger partial charge is 0.479 e. The van der Waals surface area contributed by atoms with Crippen LogP contribution >= 0.6 is 0 Å². The molecule has 118 valence electrons. The van der Waals surface area contributed by atoms with Gasteiger partial charge in [0.25, 0.3) is 5.91 Å². The zero-order chi connectivity index (χ0) is 15.5. The van der Waals surface area contributed by atoms with Crippen molar-refractivity contribution in [3.8, 4) is 5.88 Å². The van der Waals surface area contributed by atoms with Crippen LogP contribution in [0.3, 0.4) is 0 Å². The Balaban J connectivity index is 1.59. The van der Waals surface area contributed by atoms with Gasteiger partial charge < -0.3 is 14.2 Å². The van der Waals surface area contributed by atoms with E-state index < -0.39 is 0 Å². The standard InChI is InChI=1S/C15H21N5O2/c1-18-10-13(14(17-18)22-2)15(21)20-6-3-12(4-7-20)9-19-8-5-16-11-19/h5,8,10-12H,3-4,6-7,9H2,1-2H3. The number of hydrogen-bond acceptors (Lipinski definition) is 4. The number of nitrogens with zero attached hydrogens (tertiary/aromatic N) is 5. The highest BCUT2D eigenvalue weighted by atomic mass is 16.5. The second-order valence-electron chi connectivity index (χ2n) is 5.72. The molecule has 0 N–H and O–H groups in total. The third-order valence-electron chi connectivity index (χ3n) is 4.15. The molecule has 1 amide bonds. The summed E-state index contributed by atoms with van der Waals surface area (Å²) in [5.41, 5.74) is 0.540. The molecule has 0 bridgehead atoms. The van der Waals surface area contributed by atoms with Crippen LogP contribution in [0.25, 0.3) is 0 Å². The van der Waals surface area contributed by atoms with Gasteiger partial charge >= 0.3 is 0 Å². The number of hydrogen-bond donors (Lipinski definition) is 0. The van der Waals surface area contributed by atoms with Gasteiger partial charge in [-0.25, -0.2) is 4.98 Å². The van der Waals surface area contributed by atoms with Crippen LogP contribution in [0.2, 0.25) is 0 Å². The molecule has 0 saturated carbocycles. The lowest BCUT2D eigenvalue weighted by Gasteiger charge is -2.32. The molecule has 0 spiro atoms.